The van der Waals surface area contributed by atoms with Crippen LogP contribution in [0.25, 0.3) is 5.65 Å². The predicted octanol–water partition coefficient (Wildman–Crippen LogP) is 2.23. The van der Waals surface area contributed by atoms with Gasteiger partial charge in [-0.25, -0.2) is 0 Å². The minimum Gasteiger partial charge on any atom is -0.368 e. The molecule has 1 N–H and O–H groups in total. The molecule has 3 aromatic rings. The fourth-order valence-corrected chi connectivity index (χ4v) is 4.21. The lowest BCUT2D eigenvalue weighted by molar-refractivity contribution is 0.503. The quantitative estimate of drug-likeness (QED) is 0.803. The lowest BCUT2D eigenvalue weighted by Crippen LogP contribution is -2.21. The fourth-order valence-electron chi connectivity index (χ4n) is 4.21. The summed E-state index contributed by atoms with van der Waals surface area (Å²) in [6, 6.07) is 12.8. The van der Waals surface area contributed by atoms with E-state index in [9.17, 15) is 0 Å². The third-order valence-electron chi connectivity index (χ3n) is 5.45. The second-order valence-electron chi connectivity index (χ2n) is 6.69. The topological polar surface area (TPSA) is 68.0 Å². The van der Waals surface area contributed by atoms with E-state index in [1.54, 1.807) is 11.1 Å². The molecule has 1 saturated carbocycles. The lowest BCUT2D eigenvalue weighted by atomic mass is 9.78. The Labute approximate surface area is 133 Å². The van der Waals surface area contributed by atoms with E-state index >= 15 is 0 Å². The number of benzene rings is 1. The average molecular weight is 306 g/mol. The molecule has 2 heterocycles. The standard InChI is InChI=1S/C17H18N6/c1-2-6-14-12(4-1)5-3-9-17(14)10-13(17)11-18-15-7-8-16-19-21-22-23(16)20-15/h1-2,4,6-8,13H,3,5,9-11H2,(H,18,20)/t13-,17-/m0/s1. The first-order valence-corrected chi connectivity index (χ1v) is 8.23. The number of fused-ring (bicyclic) bond motifs is 3. The molecule has 0 amide bonds. The summed E-state index contributed by atoms with van der Waals surface area (Å²) >= 11 is 0. The first-order chi connectivity index (χ1) is 11.4. The van der Waals surface area contributed by atoms with Crippen molar-refractivity contribution in [1.82, 2.24) is 25.3 Å². The zero-order chi connectivity index (χ0) is 15.3. The maximum absolute atomic E-state index is 4.38. The molecule has 23 heavy (non-hydrogen) atoms. The van der Waals surface area contributed by atoms with E-state index in [4.69, 9.17) is 0 Å². The fraction of sp³-hybridized carbons (Fsp3) is 0.412. The Balaban J connectivity index is 1.34. The number of aryl methyl sites for hydroxylation is 1. The van der Waals surface area contributed by atoms with E-state index in [-0.39, 0.29) is 0 Å². The van der Waals surface area contributed by atoms with E-state index in [0.29, 0.717) is 17.0 Å². The van der Waals surface area contributed by atoms with Crippen molar-refractivity contribution in [3.05, 3.63) is 47.5 Å². The monoisotopic (exact) mass is 306 g/mol. The largest absolute Gasteiger partial charge is 0.368 e. The van der Waals surface area contributed by atoms with Gasteiger partial charge in [-0.1, -0.05) is 24.3 Å². The molecule has 1 spiro atoms. The van der Waals surface area contributed by atoms with E-state index in [2.05, 4.69) is 50.2 Å². The number of nitrogens with zero attached hydrogens (tertiary/aromatic N) is 5. The Bertz CT molecular complexity index is 872. The van der Waals surface area contributed by atoms with E-state index in [0.717, 1.165) is 12.4 Å². The minimum absolute atomic E-state index is 0.404. The van der Waals surface area contributed by atoms with Gasteiger partial charge in [-0.2, -0.15) is 0 Å². The lowest BCUT2D eigenvalue weighted by Gasteiger charge is -2.26. The van der Waals surface area contributed by atoms with Crippen LogP contribution >= 0.6 is 0 Å². The van der Waals surface area contributed by atoms with Crippen LogP contribution in [0, 0.1) is 5.92 Å². The molecule has 2 atom stereocenters. The summed E-state index contributed by atoms with van der Waals surface area (Å²) in [6.07, 6.45) is 5.14. The van der Waals surface area contributed by atoms with Crippen molar-refractivity contribution in [2.75, 3.05) is 11.9 Å². The Kier molecular flexibility index (Phi) is 2.68. The summed E-state index contributed by atoms with van der Waals surface area (Å²) in [4.78, 5) is 0. The summed E-state index contributed by atoms with van der Waals surface area (Å²) in [5.41, 5.74) is 4.21. The summed E-state index contributed by atoms with van der Waals surface area (Å²) in [5, 5.41) is 19.2. The van der Waals surface area contributed by atoms with Crippen molar-refractivity contribution < 1.29 is 0 Å². The second kappa shape index (κ2) is 4.75. The van der Waals surface area contributed by atoms with Crippen LogP contribution in [0.1, 0.15) is 30.4 Å². The van der Waals surface area contributed by atoms with Gasteiger partial charge in [0.25, 0.3) is 0 Å². The number of hydrogen-bond donors (Lipinski definition) is 1. The van der Waals surface area contributed by atoms with Gasteiger partial charge in [0.15, 0.2) is 5.65 Å². The highest BCUT2D eigenvalue weighted by Gasteiger charge is 2.55. The van der Waals surface area contributed by atoms with E-state index in [1.807, 2.05) is 12.1 Å². The average Bonchev–Trinajstić information content (AvgIpc) is 3.06. The molecular weight excluding hydrogens is 288 g/mol. The SMILES string of the molecule is c1ccc2c(c1)CCC[C@@]21C[C@H]1CNc1ccc2nnnn2n1. The number of nitrogens with one attached hydrogen (secondary N) is 1. The Hall–Kier alpha value is -2.50. The van der Waals surface area contributed by atoms with Gasteiger partial charge in [0, 0.05) is 12.0 Å². The molecule has 1 fully saturated rings. The third-order valence-corrected chi connectivity index (χ3v) is 5.45. The first kappa shape index (κ1) is 13.0. The summed E-state index contributed by atoms with van der Waals surface area (Å²) in [5.74, 6) is 1.52. The molecule has 2 aliphatic carbocycles. The molecule has 0 aliphatic heterocycles. The molecule has 1 aromatic carbocycles. The Morgan fingerprint density at radius 3 is 3.17 bits per heavy atom. The Morgan fingerprint density at radius 1 is 1.22 bits per heavy atom. The van der Waals surface area contributed by atoms with Gasteiger partial charge in [-0.05, 0) is 65.3 Å². The molecule has 5 rings (SSSR count). The second-order valence-corrected chi connectivity index (χ2v) is 6.69. The van der Waals surface area contributed by atoms with Crippen molar-refractivity contribution in [3.63, 3.8) is 0 Å². The molecule has 0 unspecified atom stereocenters. The molecule has 116 valence electrons. The summed E-state index contributed by atoms with van der Waals surface area (Å²) in [6.45, 7) is 0.953. The summed E-state index contributed by atoms with van der Waals surface area (Å²) in [7, 11) is 0. The molecule has 6 heteroatoms. The number of rotatable bonds is 3. The van der Waals surface area contributed by atoms with Gasteiger partial charge in [-0.3, -0.25) is 0 Å². The minimum atomic E-state index is 0.404. The first-order valence-electron chi connectivity index (χ1n) is 8.23. The normalized spacial score (nSPS) is 25.5. The van der Waals surface area contributed by atoms with Gasteiger partial charge >= 0.3 is 0 Å². The van der Waals surface area contributed by atoms with Gasteiger partial charge in [0.2, 0.25) is 0 Å². The van der Waals surface area contributed by atoms with Crippen molar-refractivity contribution >= 4 is 11.5 Å². The van der Waals surface area contributed by atoms with Crippen LogP contribution in [0.2, 0.25) is 0 Å². The number of tetrazole rings is 1. The highest BCUT2D eigenvalue weighted by molar-refractivity contribution is 5.45. The van der Waals surface area contributed by atoms with E-state index < -0.39 is 0 Å². The van der Waals surface area contributed by atoms with Crippen molar-refractivity contribution in [1.29, 1.82) is 0 Å². The van der Waals surface area contributed by atoms with Gasteiger partial charge in [0.05, 0.1) is 0 Å². The van der Waals surface area contributed by atoms with Crippen LogP contribution in [0.3, 0.4) is 0 Å². The van der Waals surface area contributed by atoms with Crippen LogP contribution < -0.4 is 5.32 Å². The molecule has 6 nitrogen and oxygen atoms in total. The van der Waals surface area contributed by atoms with Crippen LogP contribution in [0.15, 0.2) is 36.4 Å². The maximum atomic E-state index is 4.38. The number of aromatic nitrogens is 5. The number of anilines is 1. The van der Waals surface area contributed by atoms with Gasteiger partial charge in [-0.15, -0.1) is 14.8 Å². The van der Waals surface area contributed by atoms with Crippen LogP contribution in [-0.4, -0.2) is 31.8 Å². The zero-order valence-corrected chi connectivity index (χ0v) is 12.8. The highest BCUT2D eigenvalue weighted by atomic mass is 15.6. The zero-order valence-electron chi connectivity index (χ0n) is 12.8. The van der Waals surface area contributed by atoms with Crippen LogP contribution in [0.4, 0.5) is 5.82 Å². The van der Waals surface area contributed by atoms with Crippen LogP contribution in [0.5, 0.6) is 0 Å². The molecular formula is C17H18N6. The smallest absolute Gasteiger partial charge is 0.200 e. The summed E-state index contributed by atoms with van der Waals surface area (Å²) < 4.78 is 1.46. The van der Waals surface area contributed by atoms with Gasteiger partial charge < -0.3 is 5.32 Å². The third kappa shape index (κ3) is 2.01. The predicted molar refractivity (Wildman–Crippen MR) is 86.2 cm³/mol. The Morgan fingerprint density at radius 2 is 2.17 bits per heavy atom. The van der Waals surface area contributed by atoms with E-state index in [1.165, 1.54) is 30.3 Å². The maximum Gasteiger partial charge on any atom is 0.200 e. The van der Waals surface area contributed by atoms with Crippen molar-refractivity contribution in [3.8, 4) is 0 Å². The van der Waals surface area contributed by atoms with Crippen molar-refractivity contribution in [2.24, 2.45) is 5.92 Å². The highest BCUT2D eigenvalue weighted by Crippen LogP contribution is 2.60. The molecule has 0 bridgehead atoms. The number of hydrogen-bond acceptors (Lipinski definition) is 5. The molecule has 2 aliphatic rings. The molecule has 2 aromatic heterocycles. The molecule has 0 radical (unpaired) electrons. The van der Waals surface area contributed by atoms with Gasteiger partial charge in [0.1, 0.15) is 5.82 Å². The molecule has 0 saturated heterocycles. The van der Waals surface area contributed by atoms with Crippen molar-refractivity contribution in [2.45, 2.75) is 31.1 Å². The van der Waals surface area contributed by atoms with Crippen LogP contribution in [-0.2, 0) is 11.8 Å².